The van der Waals surface area contributed by atoms with Gasteiger partial charge in [-0.05, 0) is 49.6 Å². The molecule has 35 heavy (non-hydrogen) atoms. The number of hydrogen-bond acceptors (Lipinski definition) is 6. The molecule has 2 N–H and O–H groups in total. The van der Waals surface area contributed by atoms with Gasteiger partial charge in [-0.1, -0.05) is 23.4 Å². The van der Waals surface area contributed by atoms with E-state index in [1.807, 2.05) is 53.6 Å². The van der Waals surface area contributed by atoms with Crippen molar-refractivity contribution in [2.24, 2.45) is 0 Å². The van der Waals surface area contributed by atoms with Gasteiger partial charge in [-0.15, -0.1) is 17.5 Å². The van der Waals surface area contributed by atoms with Gasteiger partial charge in [-0.3, -0.25) is 14.9 Å². The predicted octanol–water partition coefficient (Wildman–Crippen LogP) is 3.80. The number of carbonyl (C=O) groups excluding carboxylic acids is 1. The molecular formula is C24H24ClN9O. The number of amides is 1. The van der Waals surface area contributed by atoms with Crippen molar-refractivity contribution in [3.8, 4) is 17.1 Å². The number of aromatic amines is 1. The molecule has 0 aliphatic carbocycles. The summed E-state index contributed by atoms with van der Waals surface area (Å²) in [6.07, 6.45) is 8.95. The van der Waals surface area contributed by atoms with E-state index in [9.17, 15) is 4.79 Å². The summed E-state index contributed by atoms with van der Waals surface area (Å²) in [4.78, 5) is 14.5. The molecule has 1 amide bonds. The van der Waals surface area contributed by atoms with E-state index < -0.39 is 0 Å². The van der Waals surface area contributed by atoms with Gasteiger partial charge in [0, 0.05) is 24.0 Å². The zero-order valence-electron chi connectivity index (χ0n) is 18.8. The van der Waals surface area contributed by atoms with E-state index in [4.69, 9.17) is 0 Å². The summed E-state index contributed by atoms with van der Waals surface area (Å²) in [6, 6.07) is 15.1. The fourth-order valence-electron chi connectivity index (χ4n) is 4.24. The van der Waals surface area contributed by atoms with Crippen molar-refractivity contribution >= 4 is 34.9 Å². The number of halogens is 1. The molecule has 0 saturated carbocycles. The first kappa shape index (κ1) is 22.6. The average molecular weight is 490 g/mol. The fourth-order valence-corrected chi connectivity index (χ4v) is 4.24. The van der Waals surface area contributed by atoms with E-state index in [2.05, 4.69) is 35.9 Å². The van der Waals surface area contributed by atoms with Crippen molar-refractivity contribution in [2.75, 3.05) is 23.4 Å². The Balaban J connectivity index is 0.00000253. The van der Waals surface area contributed by atoms with E-state index in [1.165, 1.54) is 19.3 Å². The molecule has 3 aromatic heterocycles. The molecule has 178 valence electrons. The summed E-state index contributed by atoms with van der Waals surface area (Å²) < 4.78 is 1.67. The molecule has 1 saturated heterocycles. The van der Waals surface area contributed by atoms with Crippen LogP contribution in [0.15, 0.2) is 67.1 Å². The van der Waals surface area contributed by atoms with Crippen molar-refractivity contribution < 1.29 is 4.79 Å². The second-order valence-corrected chi connectivity index (χ2v) is 8.33. The molecule has 6 rings (SSSR count). The Morgan fingerprint density at radius 2 is 1.77 bits per heavy atom. The van der Waals surface area contributed by atoms with Crippen LogP contribution in [-0.4, -0.2) is 54.1 Å². The Kier molecular flexibility index (Phi) is 6.19. The minimum Gasteiger partial charge on any atom is -0.319 e. The highest BCUT2D eigenvalue weighted by Crippen LogP contribution is 2.24. The van der Waals surface area contributed by atoms with E-state index in [1.54, 1.807) is 23.0 Å². The lowest BCUT2D eigenvalue weighted by Crippen LogP contribution is -2.39. The number of piperidine rings is 1. The monoisotopic (exact) mass is 489 g/mol. The molecule has 0 atom stereocenters. The Morgan fingerprint density at radius 1 is 0.971 bits per heavy atom. The molecular weight excluding hydrogens is 466 g/mol. The first-order chi connectivity index (χ1) is 16.7. The van der Waals surface area contributed by atoms with Crippen LogP contribution < -0.4 is 10.3 Å². The zero-order chi connectivity index (χ0) is 22.9. The maximum absolute atomic E-state index is 12.7. The summed E-state index contributed by atoms with van der Waals surface area (Å²) in [7, 11) is 0. The molecule has 2 aromatic carbocycles. The summed E-state index contributed by atoms with van der Waals surface area (Å²) in [6.45, 7) is 1.97. The number of hydrogen-bond donors (Lipinski definition) is 2. The van der Waals surface area contributed by atoms with Crippen LogP contribution in [0.25, 0.3) is 28.0 Å². The average Bonchev–Trinajstić information content (AvgIpc) is 3.64. The van der Waals surface area contributed by atoms with E-state index in [0.717, 1.165) is 35.4 Å². The van der Waals surface area contributed by atoms with Crippen LogP contribution >= 0.6 is 12.4 Å². The first-order valence-electron chi connectivity index (χ1n) is 11.3. The van der Waals surface area contributed by atoms with Gasteiger partial charge in [0.25, 0.3) is 5.91 Å². The minimum atomic E-state index is -0.188. The number of aromatic nitrogens is 7. The maximum Gasteiger partial charge on any atom is 0.255 e. The Hall–Kier alpha value is -4.18. The quantitative estimate of drug-likeness (QED) is 0.388. The topological polar surface area (TPSA) is 110 Å². The van der Waals surface area contributed by atoms with Crippen LogP contribution in [0.2, 0.25) is 0 Å². The van der Waals surface area contributed by atoms with Crippen LogP contribution in [0.4, 0.5) is 5.69 Å². The maximum atomic E-state index is 12.7. The summed E-state index contributed by atoms with van der Waals surface area (Å²) in [5, 5.41) is 26.4. The van der Waals surface area contributed by atoms with Gasteiger partial charge in [0.2, 0.25) is 0 Å². The highest BCUT2D eigenvalue weighted by Gasteiger charge is 2.15. The van der Waals surface area contributed by atoms with E-state index in [0.29, 0.717) is 16.9 Å². The molecule has 0 spiro atoms. The molecule has 0 radical (unpaired) electrons. The number of para-hydroxylation sites is 1. The molecule has 5 aromatic rings. The highest BCUT2D eigenvalue weighted by atomic mass is 35.5. The minimum absolute atomic E-state index is 0. The lowest BCUT2D eigenvalue weighted by Gasteiger charge is -2.27. The van der Waals surface area contributed by atoms with Gasteiger partial charge >= 0.3 is 0 Å². The Bertz CT molecular complexity index is 1450. The number of fused-ring (bicyclic) bond motifs is 1. The zero-order valence-corrected chi connectivity index (χ0v) is 19.6. The summed E-state index contributed by atoms with van der Waals surface area (Å²) >= 11 is 0. The SMILES string of the molecule is Cl.O=C(Nc1cnn(N2CCCCC2)c1)c1ccc(-n2cc(-c3n[nH]c4ccccc34)nn2)cc1. The van der Waals surface area contributed by atoms with Gasteiger partial charge in [0.05, 0.1) is 35.5 Å². The van der Waals surface area contributed by atoms with Gasteiger partial charge in [-0.2, -0.15) is 15.0 Å². The molecule has 4 heterocycles. The number of carbonyl (C=O) groups is 1. The molecule has 0 unspecified atom stereocenters. The van der Waals surface area contributed by atoms with Crippen molar-refractivity contribution in [2.45, 2.75) is 19.3 Å². The molecule has 1 aliphatic heterocycles. The summed E-state index contributed by atoms with van der Waals surface area (Å²) in [5.74, 6) is -0.188. The van der Waals surface area contributed by atoms with Crippen molar-refractivity contribution in [1.29, 1.82) is 0 Å². The Labute approximate surface area is 207 Å². The third kappa shape index (κ3) is 4.47. The van der Waals surface area contributed by atoms with Crippen LogP contribution in [-0.2, 0) is 0 Å². The number of H-pyrrole nitrogens is 1. The van der Waals surface area contributed by atoms with Crippen molar-refractivity contribution in [3.05, 3.63) is 72.7 Å². The predicted molar refractivity (Wildman–Crippen MR) is 136 cm³/mol. The fraction of sp³-hybridized carbons (Fsp3) is 0.208. The van der Waals surface area contributed by atoms with Gasteiger partial charge in [-0.25, -0.2) is 4.68 Å². The number of rotatable bonds is 5. The molecule has 1 aliphatic rings. The van der Waals surface area contributed by atoms with E-state index >= 15 is 0 Å². The second kappa shape index (κ2) is 9.59. The molecule has 11 heteroatoms. The van der Waals surface area contributed by atoms with Crippen LogP contribution in [0.5, 0.6) is 0 Å². The molecule has 0 bridgehead atoms. The Morgan fingerprint density at radius 3 is 2.60 bits per heavy atom. The van der Waals surface area contributed by atoms with Crippen LogP contribution in [0.3, 0.4) is 0 Å². The van der Waals surface area contributed by atoms with Crippen molar-refractivity contribution in [3.63, 3.8) is 0 Å². The van der Waals surface area contributed by atoms with Gasteiger partial charge < -0.3 is 5.32 Å². The normalized spacial score (nSPS) is 13.5. The second-order valence-electron chi connectivity index (χ2n) is 8.33. The van der Waals surface area contributed by atoms with Gasteiger partial charge in [0.15, 0.2) is 0 Å². The van der Waals surface area contributed by atoms with E-state index in [-0.39, 0.29) is 18.3 Å². The smallest absolute Gasteiger partial charge is 0.255 e. The number of nitrogens with one attached hydrogen (secondary N) is 2. The third-order valence-corrected chi connectivity index (χ3v) is 6.05. The number of benzene rings is 2. The lowest BCUT2D eigenvalue weighted by atomic mass is 10.2. The van der Waals surface area contributed by atoms with Crippen LogP contribution in [0.1, 0.15) is 29.6 Å². The largest absolute Gasteiger partial charge is 0.319 e. The number of anilines is 1. The third-order valence-electron chi connectivity index (χ3n) is 6.05. The highest BCUT2D eigenvalue weighted by molar-refractivity contribution is 6.04. The standard InChI is InChI=1S/C24H23N9O.ClH/c34-24(26-18-14-25-33(15-18)31-12-4-1-5-13-31)17-8-10-19(11-9-17)32-16-22(28-30-32)23-20-6-2-3-7-21(20)27-29-23;/h2-3,6-11,14-16H,1,4-5,12-13H2,(H,26,34)(H,27,29);1H. The first-order valence-corrected chi connectivity index (χ1v) is 11.3. The molecule has 10 nitrogen and oxygen atoms in total. The van der Waals surface area contributed by atoms with Crippen molar-refractivity contribution in [1.82, 2.24) is 35.1 Å². The molecule has 1 fully saturated rings. The van der Waals surface area contributed by atoms with Gasteiger partial charge in [0.1, 0.15) is 11.4 Å². The number of nitrogens with zero attached hydrogens (tertiary/aromatic N) is 7. The van der Waals surface area contributed by atoms with Crippen LogP contribution in [0, 0.1) is 0 Å². The summed E-state index contributed by atoms with van der Waals surface area (Å²) in [5.41, 5.74) is 4.39. The lowest BCUT2D eigenvalue weighted by molar-refractivity contribution is 0.102.